The quantitative estimate of drug-likeness (QED) is 0.346. The van der Waals surface area contributed by atoms with Crippen molar-refractivity contribution in [2.75, 3.05) is 6.61 Å². The van der Waals surface area contributed by atoms with Crippen molar-refractivity contribution in [1.82, 2.24) is 5.32 Å². The Morgan fingerprint density at radius 1 is 1.10 bits per heavy atom. The molecule has 2 aromatic carbocycles. The van der Waals surface area contributed by atoms with Gasteiger partial charge in [-0.05, 0) is 18.1 Å². The van der Waals surface area contributed by atoms with Gasteiger partial charge in [0.2, 0.25) is 5.91 Å². The fourth-order valence-electron chi connectivity index (χ4n) is 3.01. The molecule has 9 heteroatoms. The first kappa shape index (κ1) is 22.5. The van der Waals surface area contributed by atoms with Crippen LogP contribution in [0, 0.1) is 10.1 Å². The number of carboxylic acid groups (broad SMARTS) is 1. The number of rotatable bonds is 10. The van der Waals surface area contributed by atoms with Gasteiger partial charge in [-0.15, -0.1) is 0 Å². The molecular weight excluding hydrogens is 392 g/mol. The number of nitrogens with one attached hydrogen (secondary N) is 1. The fourth-order valence-corrected chi connectivity index (χ4v) is 3.01. The molecule has 0 aromatic heterocycles. The number of nitro groups is 1. The summed E-state index contributed by atoms with van der Waals surface area (Å²) in [5, 5.41) is 23.1. The van der Waals surface area contributed by atoms with Crippen LogP contribution in [-0.2, 0) is 25.5 Å². The Labute approximate surface area is 172 Å². The van der Waals surface area contributed by atoms with Crippen LogP contribution in [0.25, 0.3) is 0 Å². The van der Waals surface area contributed by atoms with Crippen molar-refractivity contribution in [3.63, 3.8) is 0 Å². The topological polar surface area (TPSA) is 136 Å². The molecule has 158 valence electrons. The molecule has 0 saturated heterocycles. The Morgan fingerprint density at radius 2 is 1.73 bits per heavy atom. The van der Waals surface area contributed by atoms with Crippen LogP contribution in [0.5, 0.6) is 0 Å². The third-order valence-corrected chi connectivity index (χ3v) is 4.42. The highest BCUT2D eigenvalue weighted by molar-refractivity contribution is 5.86. The number of non-ortho nitro benzene ring substituents is 1. The summed E-state index contributed by atoms with van der Waals surface area (Å²) in [5.41, 5.74) is 0.895. The fraction of sp³-hybridized carbons (Fsp3) is 0.286. The van der Waals surface area contributed by atoms with Crippen LogP contribution in [0.2, 0.25) is 0 Å². The van der Waals surface area contributed by atoms with Crippen LogP contribution < -0.4 is 5.32 Å². The molecule has 0 heterocycles. The first-order valence-corrected chi connectivity index (χ1v) is 9.27. The number of nitrogens with zero attached hydrogens (tertiary/aromatic N) is 1. The van der Waals surface area contributed by atoms with Crippen LogP contribution in [0.1, 0.15) is 30.4 Å². The lowest BCUT2D eigenvalue weighted by Gasteiger charge is -2.25. The number of benzene rings is 2. The van der Waals surface area contributed by atoms with E-state index in [1.54, 1.807) is 37.3 Å². The maximum Gasteiger partial charge on any atom is 0.326 e. The summed E-state index contributed by atoms with van der Waals surface area (Å²) in [6.07, 6.45) is -0.342. The molecule has 0 fully saturated rings. The van der Waals surface area contributed by atoms with E-state index >= 15 is 0 Å². The van der Waals surface area contributed by atoms with Crippen molar-refractivity contribution in [1.29, 1.82) is 0 Å². The normalized spacial score (nSPS) is 12.4. The number of hydrogen-bond acceptors (Lipinski definition) is 6. The van der Waals surface area contributed by atoms with Crippen LogP contribution in [-0.4, -0.2) is 40.5 Å². The molecule has 1 amide bonds. The second-order valence-electron chi connectivity index (χ2n) is 6.51. The molecule has 0 bridgehead atoms. The Hall–Kier alpha value is -3.75. The van der Waals surface area contributed by atoms with Gasteiger partial charge in [0.15, 0.2) is 0 Å². The van der Waals surface area contributed by atoms with E-state index < -0.39 is 34.7 Å². The van der Waals surface area contributed by atoms with Gasteiger partial charge in [-0.25, -0.2) is 4.79 Å². The SMILES string of the molecule is CCOC(=O)C[C@H](c1ccc([N+](=O)[O-])cc1)[C@H](NC(=O)Cc1ccccc1)C(=O)O. The smallest absolute Gasteiger partial charge is 0.326 e. The van der Waals surface area contributed by atoms with E-state index in [2.05, 4.69) is 5.32 Å². The zero-order valence-corrected chi connectivity index (χ0v) is 16.3. The Balaban J connectivity index is 2.28. The van der Waals surface area contributed by atoms with Gasteiger partial charge < -0.3 is 15.2 Å². The van der Waals surface area contributed by atoms with E-state index in [-0.39, 0.29) is 25.1 Å². The number of carbonyl (C=O) groups is 3. The minimum atomic E-state index is -1.42. The summed E-state index contributed by atoms with van der Waals surface area (Å²) in [5.74, 6) is -3.46. The van der Waals surface area contributed by atoms with E-state index in [9.17, 15) is 29.6 Å². The largest absolute Gasteiger partial charge is 0.480 e. The number of ether oxygens (including phenoxy) is 1. The third kappa shape index (κ3) is 6.40. The highest BCUT2D eigenvalue weighted by atomic mass is 16.6. The summed E-state index contributed by atoms with van der Waals surface area (Å²) in [7, 11) is 0. The molecular formula is C21H22N2O7. The van der Waals surface area contributed by atoms with Crippen molar-refractivity contribution >= 4 is 23.5 Å². The van der Waals surface area contributed by atoms with Gasteiger partial charge in [-0.3, -0.25) is 19.7 Å². The second-order valence-corrected chi connectivity index (χ2v) is 6.51. The van der Waals surface area contributed by atoms with Crippen LogP contribution in [0.15, 0.2) is 54.6 Å². The van der Waals surface area contributed by atoms with E-state index in [0.717, 1.165) is 0 Å². The predicted molar refractivity (Wildman–Crippen MR) is 107 cm³/mol. The van der Waals surface area contributed by atoms with Crippen molar-refractivity contribution in [3.05, 3.63) is 75.8 Å². The van der Waals surface area contributed by atoms with E-state index in [1.165, 1.54) is 24.3 Å². The van der Waals surface area contributed by atoms with E-state index in [4.69, 9.17) is 4.74 Å². The number of hydrogen-bond donors (Lipinski definition) is 2. The molecule has 30 heavy (non-hydrogen) atoms. The minimum absolute atomic E-state index is 0.0307. The molecule has 9 nitrogen and oxygen atoms in total. The summed E-state index contributed by atoms with van der Waals surface area (Å²) < 4.78 is 4.93. The molecule has 0 saturated carbocycles. The average Bonchev–Trinajstić information content (AvgIpc) is 2.71. The van der Waals surface area contributed by atoms with E-state index in [0.29, 0.717) is 11.1 Å². The lowest BCUT2D eigenvalue weighted by atomic mass is 9.88. The first-order valence-electron chi connectivity index (χ1n) is 9.27. The highest BCUT2D eigenvalue weighted by Gasteiger charge is 2.33. The van der Waals surface area contributed by atoms with Gasteiger partial charge in [-0.2, -0.15) is 0 Å². The summed E-state index contributed by atoms with van der Waals surface area (Å²) >= 11 is 0. The van der Waals surface area contributed by atoms with Gasteiger partial charge in [-0.1, -0.05) is 42.5 Å². The molecule has 0 radical (unpaired) electrons. The average molecular weight is 414 g/mol. The summed E-state index contributed by atoms with van der Waals surface area (Å²) in [6.45, 7) is 1.74. The second kappa shape index (κ2) is 10.7. The summed E-state index contributed by atoms with van der Waals surface area (Å²) in [6, 6.07) is 12.6. The van der Waals surface area contributed by atoms with Crippen molar-refractivity contribution < 1.29 is 29.2 Å². The molecule has 2 atom stereocenters. The number of nitro benzene ring substituents is 1. The zero-order valence-electron chi connectivity index (χ0n) is 16.3. The predicted octanol–water partition coefficient (Wildman–Crippen LogP) is 2.44. The van der Waals surface area contributed by atoms with Gasteiger partial charge in [0.1, 0.15) is 6.04 Å². The van der Waals surface area contributed by atoms with Crippen molar-refractivity contribution in [3.8, 4) is 0 Å². The van der Waals surface area contributed by atoms with Crippen molar-refractivity contribution in [2.24, 2.45) is 0 Å². The Bertz CT molecular complexity index is 897. The molecule has 2 rings (SSSR count). The Kier molecular flexibility index (Phi) is 8.04. The molecule has 0 aliphatic heterocycles. The number of amides is 1. The number of aliphatic carboxylic acids is 1. The molecule has 2 aromatic rings. The molecule has 0 aliphatic carbocycles. The highest BCUT2D eigenvalue weighted by Crippen LogP contribution is 2.27. The van der Waals surface area contributed by atoms with Gasteiger partial charge >= 0.3 is 11.9 Å². The lowest BCUT2D eigenvalue weighted by molar-refractivity contribution is -0.384. The molecule has 0 aliphatic rings. The number of carboxylic acids is 1. The Morgan fingerprint density at radius 3 is 2.27 bits per heavy atom. The lowest BCUT2D eigenvalue weighted by Crippen LogP contribution is -2.46. The third-order valence-electron chi connectivity index (χ3n) is 4.42. The minimum Gasteiger partial charge on any atom is -0.480 e. The van der Waals surface area contributed by atoms with Gasteiger partial charge in [0, 0.05) is 18.1 Å². The van der Waals surface area contributed by atoms with Gasteiger partial charge in [0.25, 0.3) is 5.69 Å². The first-order chi connectivity index (χ1) is 14.3. The monoisotopic (exact) mass is 414 g/mol. The molecule has 2 N–H and O–H groups in total. The maximum absolute atomic E-state index is 12.4. The van der Waals surface area contributed by atoms with E-state index in [1.807, 2.05) is 0 Å². The zero-order chi connectivity index (χ0) is 22.1. The van der Waals surface area contributed by atoms with Crippen LogP contribution in [0.3, 0.4) is 0 Å². The van der Waals surface area contributed by atoms with Crippen molar-refractivity contribution in [2.45, 2.75) is 31.7 Å². The molecule has 0 unspecified atom stereocenters. The standard InChI is InChI=1S/C21H22N2O7/c1-2-30-19(25)13-17(15-8-10-16(11-9-15)23(28)29)20(21(26)27)22-18(24)12-14-6-4-3-5-7-14/h3-11,17,20H,2,12-13H2,1H3,(H,22,24)(H,26,27)/t17-,20+/m1/s1. The van der Waals surface area contributed by atoms with Crippen LogP contribution in [0.4, 0.5) is 5.69 Å². The summed E-state index contributed by atoms with van der Waals surface area (Å²) in [4.78, 5) is 46.8. The number of carbonyl (C=O) groups excluding carboxylic acids is 2. The van der Waals surface area contributed by atoms with Gasteiger partial charge in [0.05, 0.1) is 24.4 Å². The van der Waals surface area contributed by atoms with Crippen LogP contribution >= 0.6 is 0 Å². The number of esters is 1. The maximum atomic E-state index is 12.4. The molecule has 0 spiro atoms.